The number of aromatic nitrogens is 1. The molecule has 0 aliphatic rings. The lowest BCUT2D eigenvalue weighted by Crippen LogP contribution is -2.42. The van der Waals surface area contributed by atoms with E-state index >= 15 is 0 Å². The van der Waals surface area contributed by atoms with E-state index in [4.69, 9.17) is 23.2 Å². The number of carbonyl (C=O) groups is 2. The SMILES string of the molecule is CS(=O)(=O)n1cc(C[C@H](NC(=O)c2c(Cl)cccc2Cl)C(=O)O)c2ccccc21. The minimum Gasteiger partial charge on any atom is -0.480 e. The molecule has 0 aliphatic carbocycles. The third-order valence-electron chi connectivity index (χ3n) is 4.34. The average Bonchev–Trinajstić information content (AvgIpc) is 3.00. The summed E-state index contributed by atoms with van der Waals surface area (Å²) < 4.78 is 25.2. The van der Waals surface area contributed by atoms with Gasteiger partial charge < -0.3 is 10.4 Å². The Bertz CT molecular complexity index is 1200. The molecule has 0 fully saturated rings. The number of hydrogen-bond donors (Lipinski definition) is 2. The van der Waals surface area contributed by atoms with Gasteiger partial charge in [0.2, 0.25) is 10.0 Å². The lowest BCUT2D eigenvalue weighted by Gasteiger charge is -2.15. The second kappa shape index (κ2) is 8.06. The number of amides is 1. The number of fused-ring (bicyclic) bond motifs is 1. The predicted octanol–water partition coefficient (Wildman–Crippen LogP) is 3.18. The highest BCUT2D eigenvalue weighted by Crippen LogP contribution is 2.26. The lowest BCUT2D eigenvalue weighted by atomic mass is 10.0. The number of hydrogen-bond acceptors (Lipinski definition) is 4. The van der Waals surface area contributed by atoms with Crippen molar-refractivity contribution >= 4 is 56.0 Å². The Labute approximate surface area is 176 Å². The van der Waals surface area contributed by atoms with Crippen LogP contribution >= 0.6 is 23.2 Å². The Morgan fingerprint density at radius 3 is 2.31 bits per heavy atom. The molecule has 1 aromatic heterocycles. The molecule has 0 unspecified atom stereocenters. The third kappa shape index (κ3) is 4.39. The summed E-state index contributed by atoms with van der Waals surface area (Å²) in [5.74, 6) is -2.02. The maximum absolute atomic E-state index is 12.6. The van der Waals surface area contributed by atoms with Crippen LogP contribution in [0.25, 0.3) is 10.9 Å². The highest BCUT2D eigenvalue weighted by Gasteiger charge is 2.26. The normalized spacial score (nSPS) is 12.7. The molecule has 0 bridgehead atoms. The van der Waals surface area contributed by atoms with E-state index < -0.39 is 27.9 Å². The number of aliphatic carboxylic acids is 1. The minimum atomic E-state index is -3.59. The fraction of sp³-hybridized carbons (Fsp3) is 0.158. The Balaban J connectivity index is 1.97. The van der Waals surface area contributed by atoms with E-state index in [2.05, 4.69) is 5.32 Å². The molecule has 0 saturated carbocycles. The first-order valence-electron chi connectivity index (χ1n) is 8.36. The molecule has 29 heavy (non-hydrogen) atoms. The fourth-order valence-corrected chi connectivity index (χ4v) is 4.42. The summed E-state index contributed by atoms with van der Waals surface area (Å²) in [7, 11) is -3.59. The molecule has 0 spiro atoms. The summed E-state index contributed by atoms with van der Waals surface area (Å²) in [5, 5.41) is 12.8. The number of nitrogens with zero attached hydrogens (tertiary/aromatic N) is 1. The standard InChI is InChI=1S/C19H16Cl2N2O5S/c1-29(27,28)23-10-11(12-5-2-3-8-16(12)23)9-15(19(25)26)22-18(24)17-13(20)6-4-7-14(17)21/h2-8,10,15H,9H2,1H3,(H,22,24)(H,25,26)/t15-/m0/s1. The summed E-state index contributed by atoms with van der Waals surface area (Å²) in [6.07, 6.45) is 2.29. The molecular weight excluding hydrogens is 439 g/mol. The van der Waals surface area contributed by atoms with Crippen molar-refractivity contribution in [3.05, 3.63) is 69.8 Å². The van der Waals surface area contributed by atoms with Gasteiger partial charge in [-0.05, 0) is 23.8 Å². The van der Waals surface area contributed by atoms with E-state index in [0.29, 0.717) is 16.5 Å². The molecule has 10 heteroatoms. The molecule has 7 nitrogen and oxygen atoms in total. The van der Waals surface area contributed by atoms with Gasteiger partial charge in [-0.3, -0.25) is 4.79 Å². The van der Waals surface area contributed by atoms with Gasteiger partial charge >= 0.3 is 5.97 Å². The quantitative estimate of drug-likeness (QED) is 0.594. The first-order valence-corrected chi connectivity index (χ1v) is 11.0. The van der Waals surface area contributed by atoms with Crippen LogP contribution in [0.4, 0.5) is 0 Å². The van der Waals surface area contributed by atoms with Gasteiger partial charge in [-0.1, -0.05) is 47.5 Å². The van der Waals surface area contributed by atoms with E-state index in [1.54, 1.807) is 30.3 Å². The van der Waals surface area contributed by atoms with Gasteiger partial charge in [-0.25, -0.2) is 17.2 Å². The molecule has 0 radical (unpaired) electrons. The van der Waals surface area contributed by atoms with Crippen molar-refractivity contribution in [2.75, 3.05) is 6.26 Å². The van der Waals surface area contributed by atoms with Crippen molar-refractivity contribution in [2.45, 2.75) is 12.5 Å². The minimum absolute atomic E-state index is 0.0272. The molecule has 2 aromatic carbocycles. The molecule has 152 valence electrons. The van der Waals surface area contributed by atoms with Gasteiger partial charge in [0, 0.05) is 18.0 Å². The summed E-state index contributed by atoms with van der Waals surface area (Å²) >= 11 is 12.0. The zero-order chi connectivity index (χ0) is 21.3. The molecule has 1 amide bonds. The second-order valence-electron chi connectivity index (χ2n) is 6.40. The molecule has 1 heterocycles. The van der Waals surface area contributed by atoms with Crippen LogP contribution in [-0.2, 0) is 21.2 Å². The summed E-state index contributed by atoms with van der Waals surface area (Å²) in [6.45, 7) is 0. The lowest BCUT2D eigenvalue weighted by molar-refractivity contribution is -0.139. The summed E-state index contributed by atoms with van der Waals surface area (Å²) in [4.78, 5) is 24.3. The molecule has 1 atom stereocenters. The highest BCUT2D eigenvalue weighted by molar-refractivity contribution is 7.89. The number of nitrogens with one attached hydrogen (secondary N) is 1. The summed E-state index contributed by atoms with van der Waals surface area (Å²) in [6, 6.07) is 9.90. The Morgan fingerprint density at radius 1 is 1.10 bits per heavy atom. The van der Waals surface area contributed by atoms with Crippen LogP contribution in [0.1, 0.15) is 15.9 Å². The Hall–Kier alpha value is -2.55. The smallest absolute Gasteiger partial charge is 0.326 e. The first-order chi connectivity index (χ1) is 13.6. The van der Waals surface area contributed by atoms with Crippen LogP contribution in [0.3, 0.4) is 0 Å². The topological polar surface area (TPSA) is 105 Å². The largest absolute Gasteiger partial charge is 0.480 e. The van der Waals surface area contributed by atoms with Crippen molar-refractivity contribution in [2.24, 2.45) is 0 Å². The molecule has 2 N–H and O–H groups in total. The Morgan fingerprint density at radius 2 is 1.72 bits per heavy atom. The number of carboxylic acids is 1. The van der Waals surface area contributed by atoms with Crippen molar-refractivity contribution in [3.8, 4) is 0 Å². The van der Waals surface area contributed by atoms with Crippen LogP contribution in [0, 0.1) is 0 Å². The third-order valence-corrected chi connectivity index (χ3v) is 5.98. The van der Waals surface area contributed by atoms with Crippen molar-refractivity contribution in [1.82, 2.24) is 9.29 Å². The van der Waals surface area contributed by atoms with E-state index in [0.717, 1.165) is 10.2 Å². The van der Waals surface area contributed by atoms with Crippen molar-refractivity contribution in [3.63, 3.8) is 0 Å². The van der Waals surface area contributed by atoms with E-state index in [9.17, 15) is 23.1 Å². The van der Waals surface area contributed by atoms with Crippen LogP contribution in [0.2, 0.25) is 10.0 Å². The van der Waals surface area contributed by atoms with Gasteiger partial charge in [0.05, 0.1) is 27.4 Å². The van der Waals surface area contributed by atoms with Gasteiger partial charge in [0.25, 0.3) is 5.91 Å². The molecular formula is C19H16Cl2N2O5S. The molecule has 0 saturated heterocycles. The van der Waals surface area contributed by atoms with Crippen LogP contribution in [-0.4, -0.2) is 41.7 Å². The van der Waals surface area contributed by atoms with Gasteiger partial charge in [-0.2, -0.15) is 0 Å². The highest BCUT2D eigenvalue weighted by atomic mass is 35.5. The van der Waals surface area contributed by atoms with Crippen LogP contribution in [0.15, 0.2) is 48.7 Å². The van der Waals surface area contributed by atoms with Gasteiger partial charge in [-0.15, -0.1) is 0 Å². The first kappa shape index (κ1) is 21.2. The predicted molar refractivity (Wildman–Crippen MR) is 111 cm³/mol. The maximum Gasteiger partial charge on any atom is 0.326 e. The number of rotatable bonds is 6. The van der Waals surface area contributed by atoms with E-state index in [-0.39, 0.29) is 22.0 Å². The average molecular weight is 455 g/mol. The molecule has 0 aliphatic heterocycles. The monoisotopic (exact) mass is 454 g/mol. The number of halogens is 2. The number of benzene rings is 2. The van der Waals surface area contributed by atoms with E-state index in [1.165, 1.54) is 18.3 Å². The van der Waals surface area contributed by atoms with Crippen molar-refractivity contribution in [1.29, 1.82) is 0 Å². The van der Waals surface area contributed by atoms with Gasteiger partial charge in [0.1, 0.15) is 6.04 Å². The van der Waals surface area contributed by atoms with Crippen molar-refractivity contribution < 1.29 is 23.1 Å². The van der Waals surface area contributed by atoms with E-state index in [1.807, 2.05) is 0 Å². The molecule has 3 aromatic rings. The van der Waals surface area contributed by atoms with Gasteiger partial charge in [0.15, 0.2) is 0 Å². The maximum atomic E-state index is 12.6. The van der Waals surface area contributed by atoms with Crippen LogP contribution < -0.4 is 5.32 Å². The number of carbonyl (C=O) groups excluding carboxylic acids is 1. The zero-order valence-electron chi connectivity index (χ0n) is 15.1. The number of para-hydroxylation sites is 1. The second-order valence-corrected chi connectivity index (χ2v) is 9.07. The number of carboxylic acid groups (broad SMARTS) is 1. The Kier molecular flexibility index (Phi) is 5.88. The zero-order valence-corrected chi connectivity index (χ0v) is 17.4. The molecule has 3 rings (SSSR count). The summed E-state index contributed by atoms with van der Waals surface area (Å²) in [5.41, 5.74) is 0.860. The fourth-order valence-electron chi connectivity index (χ4n) is 3.02. The van der Waals surface area contributed by atoms with Crippen LogP contribution in [0.5, 0.6) is 0 Å².